The maximum absolute atomic E-state index is 11.7. The van der Waals surface area contributed by atoms with Crippen LogP contribution < -0.4 is 0 Å². The minimum absolute atomic E-state index is 0. The van der Waals surface area contributed by atoms with Crippen LogP contribution in [0.5, 0.6) is 0 Å². The number of hydrogen-bond acceptors (Lipinski definition) is 2. The van der Waals surface area contributed by atoms with Crippen molar-refractivity contribution < 1.29 is 30.0 Å². The van der Waals surface area contributed by atoms with E-state index in [1.807, 2.05) is 37.3 Å². The molecule has 0 saturated carbocycles. The molecule has 19 heavy (non-hydrogen) atoms. The third-order valence-electron chi connectivity index (χ3n) is 3.08. The van der Waals surface area contributed by atoms with Gasteiger partial charge in [-0.05, 0) is 17.9 Å². The first kappa shape index (κ1) is 13.7. The van der Waals surface area contributed by atoms with Crippen LogP contribution in [0.3, 0.4) is 0 Å². The second-order valence-corrected chi connectivity index (χ2v) is 4.15. The first-order valence-electron chi connectivity index (χ1n) is 5.71. The summed E-state index contributed by atoms with van der Waals surface area (Å²) in [6.07, 6.45) is 3.89. The van der Waals surface area contributed by atoms with Gasteiger partial charge >= 0.3 is 0 Å². The van der Waals surface area contributed by atoms with E-state index >= 15 is 0 Å². The average molecular weight is 422 g/mol. The molecule has 1 radical (unpaired) electrons. The molecule has 0 fully saturated rings. The molecule has 0 aromatic heterocycles. The second kappa shape index (κ2) is 5.08. The molecular formula is C15H10NO2Re-. The molecule has 0 bridgehead atoms. The Labute approximate surface area is 124 Å². The van der Waals surface area contributed by atoms with Gasteiger partial charge in [-0.25, -0.2) is 0 Å². The van der Waals surface area contributed by atoms with Crippen LogP contribution in [0.25, 0.3) is 22.2 Å². The van der Waals surface area contributed by atoms with Crippen LogP contribution >= 0.6 is 0 Å². The molecule has 0 unspecified atom stereocenters. The van der Waals surface area contributed by atoms with Crippen molar-refractivity contribution in [2.75, 3.05) is 0 Å². The minimum atomic E-state index is -0.448. The number of benzene rings is 2. The Hall–Kier alpha value is -1.76. The number of amides is 2. The Morgan fingerprint density at radius 3 is 2.37 bits per heavy atom. The summed E-state index contributed by atoms with van der Waals surface area (Å²) < 4.78 is 0. The van der Waals surface area contributed by atoms with Gasteiger partial charge in [0.1, 0.15) is 0 Å². The van der Waals surface area contributed by atoms with E-state index in [4.69, 9.17) is 0 Å². The summed E-state index contributed by atoms with van der Waals surface area (Å²) in [4.78, 5) is 23.5. The van der Waals surface area contributed by atoms with E-state index in [9.17, 15) is 9.59 Å². The maximum atomic E-state index is 11.7. The van der Waals surface area contributed by atoms with Crippen molar-refractivity contribution in [2.45, 2.75) is 6.92 Å². The Kier molecular flexibility index (Phi) is 3.66. The third-order valence-corrected chi connectivity index (χ3v) is 3.08. The summed E-state index contributed by atoms with van der Waals surface area (Å²) in [6, 6.07) is 9.06. The van der Waals surface area contributed by atoms with Crippen LogP contribution in [0.1, 0.15) is 33.2 Å². The normalized spacial score (nSPS) is 13.5. The van der Waals surface area contributed by atoms with Gasteiger partial charge in [0.05, 0.1) is 11.8 Å². The van der Waals surface area contributed by atoms with Crippen molar-refractivity contribution in [1.82, 2.24) is 0 Å². The third kappa shape index (κ3) is 2.03. The molecule has 3 nitrogen and oxygen atoms in total. The van der Waals surface area contributed by atoms with Crippen LogP contribution in [0.4, 0.5) is 0 Å². The zero-order valence-electron chi connectivity index (χ0n) is 10.2. The Morgan fingerprint density at radius 1 is 1.00 bits per heavy atom. The predicted molar refractivity (Wildman–Crippen MR) is 70.7 cm³/mol. The van der Waals surface area contributed by atoms with E-state index < -0.39 is 11.8 Å². The van der Waals surface area contributed by atoms with Gasteiger partial charge in [-0.15, -0.1) is 0 Å². The SMILES string of the molecule is C/C=C/c1ccc2c3c(cccc13)C(=O)[N-]C2=O.[Re]. The zero-order chi connectivity index (χ0) is 12.7. The summed E-state index contributed by atoms with van der Waals surface area (Å²) >= 11 is 0. The smallest absolute Gasteiger partial charge is 0.0882 e. The molecule has 2 aromatic rings. The first-order chi connectivity index (χ1) is 8.72. The van der Waals surface area contributed by atoms with Gasteiger partial charge in [-0.3, -0.25) is 0 Å². The van der Waals surface area contributed by atoms with Crippen LogP contribution in [0.15, 0.2) is 36.4 Å². The number of imide groups is 1. The molecule has 0 atom stereocenters. The van der Waals surface area contributed by atoms with E-state index in [2.05, 4.69) is 5.32 Å². The average Bonchev–Trinajstić information content (AvgIpc) is 2.37. The number of carbonyl (C=O) groups excluding carboxylic acids is 2. The quantitative estimate of drug-likeness (QED) is 0.660. The molecule has 2 amide bonds. The predicted octanol–water partition coefficient (Wildman–Crippen LogP) is 3.54. The Bertz CT molecular complexity index is 699. The molecule has 0 N–H and O–H groups in total. The van der Waals surface area contributed by atoms with Crippen molar-refractivity contribution in [3.05, 3.63) is 58.4 Å². The van der Waals surface area contributed by atoms with Gasteiger partial charge in [0.2, 0.25) is 0 Å². The van der Waals surface area contributed by atoms with E-state index in [1.165, 1.54) is 0 Å². The van der Waals surface area contributed by atoms with E-state index in [0.29, 0.717) is 11.1 Å². The van der Waals surface area contributed by atoms with Crippen molar-refractivity contribution >= 4 is 28.7 Å². The van der Waals surface area contributed by atoms with Gasteiger partial charge in [0, 0.05) is 36.9 Å². The van der Waals surface area contributed by atoms with Crippen molar-refractivity contribution in [1.29, 1.82) is 0 Å². The number of carbonyl (C=O) groups is 2. The van der Waals surface area contributed by atoms with Gasteiger partial charge in [-0.2, -0.15) is 0 Å². The summed E-state index contributed by atoms with van der Waals surface area (Å²) in [7, 11) is 0. The molecular weight excluding hydrogens is 412 g/mol. The topological polar surface area (TPSA) is 48.2 Å². The molecule has 0 aliphatic carbocycles. The molecule has 0 spiro atoms. The van der Waals surface area contributed by atoms with Crippen LogP contribution in [-0.4, -0.2) is 11.8 Å². The summed E-state index contributed by atoms with van der Waals surface area (Å²) in [5.74, 6) is -0.897. The van der Waals surface area contributed by atoms with E-state index in [1.54, 1.807) is 12.1 Å². The fourth-order valence-electron chi connectivity index (χ4n) is 2.32. The van der Waals surface area contributed by atoms with Crippen molar-refractivity contribution in [2.24, 2.45) is 0 Å². The second-order valence-electron chi connectivity index (χ2n) is 4.15. The molecule has 1 heterocycles. The van der Waals surface area contributed by atoms with Crippen LogP contribution in [0, 0.1) is 0 Å². The number of hydrogen-bond donors (Lipinski definition) is 0. The van der Waals surface area contributed by atoms with Gasteiger partial charge in [0.15, 0.2) is 0 Å². The minimum Gasteiger partial charge on any atom is -0.587 e. The number of allylic oxidation sites excluding steroid dienone is 1. The van der Waals surface area contributed by atoms with Crippen molar-refractivity contribution in [3.63, 3.8) is 0 Å². The number of rotatable bonds is 1. The standard InChI is InChI=1S/C15H11NO2.Re/c1-2-4-9-7-8-12-13-10(9)5-3-6-11(13)14(17)16-15(12)18;/h2-8H,1H3,(H,16,17,18);/p-1/b4-2+;. The summed E-state index contributed by atoms with van der Waals surface area (Å²) in [5, 5.41) is 5.17. The molecule has 3 rings (SSSR count). The molecule has 0 saturated heterocycles. The monoisotopic (exact) mass is 423 g/mol. The zero-order valence-corrected chi connectivity index (χ0v) is 12.9. The van der Waals surface area contributed by atoms with Crippen molar-refractivity contribution in [3.8, 4) is 0 Å². The Morgan fingerprint density at radius 2 is 1.68 bits per heavy atom. The molecule has 1 aliphatic rings. The number of nitrogens with zero attached hydrogens (tertiary/aromatic N) is 1. The van der Waals surface area contributed by atoms with Crippen LogP contribution in [0.2, 0.25) is 0 Å². The molecule has 1 aliphatic heterocycles. The van der Waals surface area contributed by atoms with Crippen LogP contribution in [-0.2, 0) is 20.4 Å². The Balaban J connectivity index is 0.00000133. The fourth-order valence-corrected chi connectivity index (χ4v) is 2.32. The molecule has 2 aromatic carbocycles. The molecule has 4 heteroatoms. The fraction of sp³-hybridized carbons (Fsp3) is 0.0667. The van der Waals surface area contributed by atoms with Gasteiger partial charge in [0.25, 0.3) is 0 Å². The van der Waals surface area contributed by atoms with Gasteiger partial charge < -0.3 is 14.9 Å². The van der Waals surface area contributed by atoms with Gasteiger partial charge in [-0.1, -0.05) is 42.5 Å². The largest absolute Gasteiger partial charge is 0.587 e. The van der Waals surface area contributed by atoms with E-state index in [0.717, 1.165) is 16.3 Å². The first-order valence-corrected chi connectivity index (χ1v) is 5.71. The summed E-state index contributed by atoms with van der Waals surface area (Å²) in [5.41, 5.74) is 2.02. The molecule has 95 valence electrons. The van der Waals surface area contributed by atoms with E-state index in [-0.39, 0.29) is 20.4 Å². The maximum Gasteiger partial charge on any atom is 0.0882 e. The summed E-state index contributed by atoms with van der Waals surface area (Å²) in [6.45, 7) is 1.93.